The number of carbonyl (C=O) groups is 3. The van der Waals surface area contributed by atoms with Crippen LogP contribution in [0.2, 0.25) is 0 Å². The SMILES string of the molecule is C/C(=C/N(C)C1CCC(C(=O)O)O1)C(=O)NC=O.CC. The molecule has 1 fully saturated rings. The quantitative estimate of drug-likeness (QED) is 0.571. The van der Waals surface area contributed by atoms with E-state index < -0.39 is 18.0 Å². The standard InChI is InChI=1S/C11H16N2O5.C2H6/c1-7(10(15)12-6-14)5-13(2)9-4-3-8(18-9)11(16)17;1-2/h5-6,8-9H,3-4H2,1-2H3,(H,16,17)(H,12,14,15);1-2H3/b7-5-;. The molecule has 1 aliphatic heterocycles. The summed E-state index contributed by atoms with van der Waals surface area (Å²) in [6.45, 7) is 5.55. The lowest BCUT2D eigenvalue weighted by molar-refractivity contribution is -0.152. The van der Waals surface area contributed by atoms with Crippen LogP contribution in [0.1, 0.15) is 33.6 Å². The van der Waals surface area contributed by atoms with Gasteiger partial charge in [0.2, 0.25) is 6.41 Å². The third-order valence-corrected chi connectivity index (χ3v) is 2.67. The summed E-state index contributed by atoms with van der Waals surface area (Å²) in [4.78, 5) is 33.8. The molecule has 0 aliphatic carbocycles. The molecule has 2 N–H and O–H groups in total. The molecule has 1 aliphatic rings. The first-order valence-corrected chi connectivity index (χ1v) is 6.49. The van der Waals surface area contributed by atoms with E-state index >= 15 is 0 Å². The van der Waals surface area contributed by atoms with Crippen LogP contribution in [0.5, 0.6) is 0 Å². The molecule has 0 aromatic carbocycles. The zero-order valence-corrected chi connectivity index (χ0v) is 12.3. The van der Waals surface area contributed by atoms with E-state index in [1.54, 1.807) is 18.9 Å². The topological polar surface area (TPSA) is 95.9 Å². The van der Waals surface area contributed by atoms with Crippen molar-refractivity contribution < 1.29 is 24.2 Å². The molecule has 0 aromatic heterocycles. The third-order valence-electron chi connectivity index (χ3n) is 2.67. The van der Waals surface area contributed by atoms with Gasteiger partial charge in [-0.3, -0.25) is 14.9 Å². The van der Waals surface area contributed by atoms with E-state index in [9.17, 15) is 14.4 Å². The van der Waals surface area contributed by atoms with Crippen LogP contribution in [0.25, 0.3) is 0 Å². The number of carboxylic acids is 1. The van der Waals surface area contributed by atoms with Crippen molar-refractivity contribution in [3.05, 3.63) is 11.8 Å². The van der Waals surface area contributed by atoms with E-state index in [-0.39, 0.29) is 6.23 Å². The minimum atomic E-state index is -0.981. The molecule has 1 saturated heterocycles. The lowest BCUT2D eigenvalue weighted by atomic mass is 10.2. The number of carbonyl (C=O) groups excluding carboxylic acids is 2. The summed E-state index contributed by atoms with van der Waals surface area (Å²) < 4.78 is 5.31. The van der Waals surface area contributed by atoms with Gasteiger partial charge in [0.05, 0.1) is 0 Å². The Kier molecular flexibility index (Phi) is 8.23. The fraction of sp³-hybridized carbons (Fsp3) is 0.615. The van der Waals surface area contributed by atoms with Crippen molar-refractivity contribution in [2.24, 2.45) is 0 Å². The van der Waals surface area contributed by atoms with E-state index in [1.165, 1.54) is 6.20 Å². The van der Waals surface area contributed by atoms with Gasteiger partial charge in [0.1, 0.15) is 6.23 Å². The normalized spacial score (nSPS) is 21.5. The highest BCUT2D eigenvalue weighted by Crippen LogP contribution is 2.22. The first-order valence-electron chi connectivity index (χ1n) is 6.49. The van der Waals surface area contributed by atoms with Crippen LogP contribution < -0.4 is 5.32 Å². The smallest absolute Gasteiger partial charge is 0.332 e. The lowest BCUT2D eigenvalue weighted by Crippen LogP contribution is -2.31. The van der Waals surface area contributed by atoms with Crippen LogP contribution >= 0.6 is 0 Å². The number of imide groups is 1. The summed E-state index contributed by atoms with van der Waals surface area (Å²) in [5.41, 5.74) is 0.340. The number of ether oxygens (including phenoxy) is 1. The van der Waals surface area contributed by atoms with Crippen molar-refractivity contribution in [2.75, 3.05) is 7.05 Å². The third kappa shape index (κ3) is 5.40. The summed E-state index contributed by atoms with van der Waals surface area (Å²) in [5, 5.41) is 10.8. The van der Waals surface area contributed by atoms with Crippen LogP contribution in [0.4, 0.5) is 0 Å². The van der Waals surface area contributed by atoms with E-state index in [0.717, 1.165) is 0 Å². The minimum Gasteiger partial charge on any atom is -0.479 e. The molecule has 20 heavy (non-hydrogen) atoms. The maximum atomic E-state index is 11.3. The molecule has 0 aromatic rings. The molecule has 0 radical (unpaired) electrons. The van der Waals surface area contributed by atoms with Crippen molar-refractivity contribution in [3.63, 3.8) is 0 Å². The molecule has 1 rings (SSSR count). The van der Waals surface area contributed by atoms with Gasteiger partial charge < -0.3 is 14.7 Å². The molecule has 0 spiro atoms. The van der Waals surface area contributed by atoms with Crippen LogP contribution in [0.15, 0.2) is 11.8 Å². The predicted molar refractivity (Wildman–Crippen MR) is 72.6 cm³/mol. The van der Waals surface area contributed by atoms with Crippen LogP contribution in [-0.2, 0) is 19.1 Å². The zero-order valence-electron chi connectivity index (χ0n) is 12.3. The van der Waals surface area contributed by atoms with Crippen molar-refractivity contribution in [1.29, 1.82) is 0 Å². The highest BCUT2D eigenvalue weighted by atomic mass is 16.5. The van der Waals surface area contributed by atoms with Crippen molar-refractivity contribution in [1.82, 2.24) is 10.2 Å². The molecule has 2 unspecified atom stereocenters. The molecule has 0 bridgehead atoms. The Balaban J connectivity index is 0.00000172. The zero-order chi connectivity index (χ0) is 15.7. The Hall–Kier alpha value is -1.89. The number of amides is 2. The number of hydrogen-bond donors (Lipinski definition) is 2. The monoisotopic (exact) mass is 286 g/mol. The highest BCUT2D eigenvalue weighted by molar-refractivity contribution is 5.98. The van der Waals surface area contributed by atoms with Crippen LogP contribution in [0.3, 0.4) is 0 Å². The Morgan fingerprint density at radius 2 is 1.95 bits per heavy atom. The van der Waals surface area contributed by atoms with Gasteiger partial charge in [-0.1, -0.05) is 13.8 Å². The predicted octanol–water partition coefficient (Wildman–Crippen LogP) is 0.711. The van der Waals surface area contributed by atoms with Gasteiger partial charge in [-0.05, 0) is 19.8 Å². The molecule has 7 heteroatoms. The van der Waals surface area contributed by atoms with Crippen LogP contribution in [-0.4, -0.2) is 47.7 Å². The fourth-order valence-electron chi connectivity index (χ4n) is 1.72. The summed E-state index contributed by atoms with van der Waals surface area (Å²) in [6, 6.07) is 0. The number of nitrogens with one attached hydrogen (secondary N) is 1. The molecule has 114 valence electrons. The Labute approximate surface area is 118 Å². The second-order valence-electron chi connectivity index (χ2n) is 4.06. The molecular weight excluding hydrogens is 264 g/mol. The molecule has 2 amide bonds. The summed E-state index contributed by atoms with van der Waals surface area (Å²) >= 11 is 0. The van der Waals surface area contributed by atoms with E-state index in [0.29, 0.717) is 24.8 Å². The van der Waals surface area contributed by atoms with Gasteiger partial charge in [0.25, 0.3) is 5.91 Å². The average Bonchev–Trinajstić information content (AvgIpc) is 2.91. The summed E-state index contributed by atoms with van der Waals surface area (Å²) in [5.74, 6) is -1.48. The van der Waals surface area contributed by atoms with Gasteiger partial charge in [-0.15, -0.1) is 0 Å². The Morgan fingerprint density at radius 3 is 2.40 bits per heavy atom. The number of aliphatic carboxylic acids is 1. The second kappa shape index (κ2) is 9.08. The van der Waals surface area contributed by atoms with E-state index in [2.05, 4.69) is 0 Å². The number of rotatable bonds is 5. The summed E-state index contributed by atoms with van der Waals surface area (Å²) in [6.07, 6.45) is 1.68. The number of hydrogen-bond acceptors (Lipinski definition) is 5. The first-order chi connectivity index (χ1) is 9.45. The molecular formula is C13H22N2O5. The van der Waals surface area contributed by atoms with Gasteiger partial charge in [-0.25, -0.2) is 4.79 Å². The highest BCUT2D eigenvalue weighted by Gasteiger charge is 2.32. The molecule has 0 saturated carbocycles. The minimum absolute atomic E-state index is 0.312. The molecule has 2 atom stereocenters. The summed E-state index contributed by atoms with van der Waals surface area (Å²) in [7, 11) is 1.69. The van der Waals surface area contributed by atoms with Gasteiger partial charge in [0.15, 0.2) is 6.10 Å². The first kappa shape index (κ1) is 18.1. The maximum Gasteiger partial charge on any atom is 0.332 e. The van der Waals surface area contributed by atoms with E-state index in [1.807, 2.05) is 19.2 Å². The largest absolute Gasteiger partial charge is 0.479 e. The number of carboxylic acid groups (broad SMARTS) is 1. The van der Waals surface area contributed by atoms with Crippen LogP contribution in [0, 0.1) is 0 Å². The Morgan fingerprint density at radius 1 is 1.35 bits per heavy atom. The van der Waals surface area contributed by atoms with Gasteiger partial charge >= 0.3 is 5.97 Å². The lowest BCUT2D eigenvalue weighted by Gasteiger charge is -2.22. The second-order valence-corrected chi connectivity index (χ2v) is 4.06. The van der Waals surface area contributed by atoms with Gasteiger partial charge in [0, 0.05) is 18.8 Å². The van der Waals surface area contributed by atoms with Gasteiger partial charge in [-0.2, -0.15) is 0 Å². The molecule has 1 heterocycles. The Bertz CT molecular complexity index is 381. The average molecular weight is 286 g/mol. The fourth-order valence-corrected chi connectivity index (χ4v) is 1.72. The molecule has 7 nitrogen and oxygen atoms in total. The van der Waals surface area contributed by atoms with E-state index in [4.69, 9.17) is 9.84 Å². The van der Waals surface area contributed by atoms with Crippen molar-refractivity contribution >= 4 is 18.3 Å². The van der Waals surface area contributed by atoms with Crippen molar-refractivity contribution in [3.8, 4) is 0 Å². The maximum absolute atomic E-state index is 11.3. The number of nitrogens with zero attached hydrogens (tertiary/aromatic N) is 1. The van der Waals surface area contributed by atoms with Crippen molar-refractivity contribution in [2.45, 2.75) is 45.9 Å².